The van der Waals surface area contributed by atoms with Crippen molar-refractivity contribution in [3.05, 3.63) is 35.9 Å². The van der Waals surface area contributed by atoms with Crippen LogP contribution in [0.15, 0.2) is 30.3 Å². The molecule has 4 atom stereocenters. The lowest BCUT2D eigenvalue weighted by Crippen LogP contribution is -2.57. The van der Waals surface area contributed by atoms with Crippen molar-refractivity contribution in [1.29, 1.82) is 0 Å². The Morgan fingerprint density at radius 3 is 2.06 bits per heavy atom. The maximum atomic E-state index is 12.4. The summed E-state index contributed by atoms with van der Waals surface area (Å²) in [6, 6.07) is 4.44. The van der Waals surface area contributed by atoms with Crippen molar-refractivity contribution in [2.45, 2.75) is 43.9 Å². The number of nitrogens with two attached hydrogens (primary N) is 2. The van der Waals surface area contributed by atoms with Gasteiger partial charge in [0.25, 0.3) is 0 Å². The Hall–Kier alpha value is -3.12. The third-order valence-corrected chi connectivity index (χ3v) is 4.59. The van der Waals surface area contributed by atoms with Crippen LogP contribution in [-0.4, -0.2) is 64.6 Å². The van der Waals surface area contributed by atoms with E-state index >= 15 is 0 Å². The number of thiol groups is 1. The van der Waals surface area contributed by atoms with Gasteiger partial charge < -0.3 is 32.5 Å². The summed E-state index contributed by atoms with van der Waals surface area (Å²) in [5, 5.41) is 16.0. The van der Waals surface area contributed by atoms with Crippen molar-refractivity contribution in [3.63, 3.8) is 0 Å². The van der Waals surface area contributed by atoms with Crippen LogP contribution in [0.2, 0.25) is 0 Å². The van der Waals surface area contributed by atoms with Gasteiger partial charge in [-0.3, -0.25) is 19.2 Å². The van der Waals surface area contributed by atoms with E-state index in [2.05, 4.69) is 28.6 Å². The van der Waals surface area contributed by atoms with E-state index in [9.17, 15) is 24.0 Å². The third-order valence-electron chi connectivity index (χ3n) is 4.22. The molecule has 1 aromatic carbocycles. The van der Waals surface area contributed by atoms with Crippen LogP contribution in [0.25, 0.3) is 0 Å². The quantitative estimate of drug-likeness (QED) is 0.176. The fourth-order valence-electron chi connectivity index (χ4n) is 2.51. The average Bonchev–Trinajstić information content (AvgIpc) is 2.71. The Balaban J connectivity index is 2.63. The lowest BCUT2D eigenvalue weighted by atomic mass is 10.1. The van der Waals surface area contributed by atoms with Crippen molar-refractivity contribution in [2.24, 2.45) is 11.5 Å². The molecule has 0 saturated heterocycles. The number of amides is 4. The predicted molar refractivity (Wildman–Crippen MR) is 115 cm³/mol. The molecule has 0 spiro atoms. The van der Waals surface area contributed by atoms with Crippen LogP contribution in [0.1, 0.15) is 18.9 Å². The number of aliphatic carboxylic acids is 1. The van der Waals surface area contributed by atoms with Crippen LogP contribution in [0, 0.1) is 0 Å². The maximum Gasteiger partial charge on any atom is 0.326 e. The molecule has 4 unspecified atom stereocenters. The first kappa shape index (κ1) is 25.9. The average molecular weight is 454 g/mol. The summed E-state index contributed by atoms with van der Waals surface area (Å²) in [7, 11) is 0. The van der Waals surface area contributed by atoms with Crippen LogP contribution < -0.4 is 27.4 Å². The lowest BCUT2D eigenvalue weighted by molar-refractivity contribution is -0.143. The molecule has 0 bridgehead atoms. The molecular weight excluding hydrogens is 426 g/mol. The second-order valence-electron chi connectivity index (χ2n) is 6.84. The molecule has 4 amide bonds. The molecule has 170 valence electrons. The van der Waals surface area contributed by atoms with E-state index in [1.165, 1.54) is 6.92 Å². The topological polar surface area (TPSA) is 194 Å². The van der Waals surface area contributed by atoms with E-state index in [4.69, 9.17) is 16.6 Å². The van der Waals surface area contributed by atoms with Crippen LogP contribution in [0.3, 0.4) is 0 Å². The van der Waals surface area contributed by atoms with Gasteiger partial charge in [-0.15, -0.1) is 0 Å². The molecular formula is C19H27N5O6S. The molecule has 0 radical (unpaired) electrons. The van der Waals surface area contributed by atoms with Crippen molar-refractivity contribution >= 4 is 42.2 Å². The largest absolute Gasteiger partial charge is 0.480 e. The van der Waals surface area contributed by atoms with Gasteiger partial charge in [0.15, 0.2) is 0 Å². The van der Waals surface area contributed by atoms with Crippen LogP contribution >= 0.6 is 12.6 Å². The van der Waals surface area contributed by atoms with Gasteiger partial charge in [0, 0.05) is 5.75 Å². The molecule has 11 nitrogen and oxygen atoms in total. The smallest absolute Gasteiger partial charge is 0.326 e. The van der Waals surface area contributed by atoms with Crippen LogP contribution in [0.5, 0.6) is 0 Å². The number of nitrogens with one attached hydrogen (secondary N) is 3. The summed E-state index contributed by atoms with van der Waals surface area (Å²) in [5.41, 5.74) is 11.7. The summed E-state index contributed by atoms with van der Waals surface area (Å²) in [4.78, 5) is 58.9. The van der Waals surface area contributed by atoms with Gasteiger partial charge in [-0.05, 0) is 18.9 Å². The highest BCUT2D eigenvalue weighted by atomic mass is 32.1. The van der Waals surface area contributed by atoms with Crippen LogP contribution in [0.4, 0.5) is 0 Å². The second kappa shape index (κ2) is 12.5. The molecule has 0 heterocycles. The zero-order chi connectivity index (χ0) is 23.6. The van der Waals surface area contributed by atoms with E-state index in [0.717, 1.165) is 5.56 Å². The molecule has 0 aliphatic heterocycles. The van der Waals surface area contributed by atoms with Gasteiger partial charge in [0.1, 0.15) is 18.1 Å². The number of carbonyl (C=O) groups is 5. The summed E-state index contributed by atoms with van der Waals surface area (Å²) < 4.78 is 0. The molecule has 31 heavy (non-hydrogen) atoms. The summed E-state index contributed by atoms with van der Waals surface area (Å²) in [6.07, 6.45) is -0.334. The third kappa shape index (κ3) is 9.05. The Labute approximate surface area is 184 Å². The lowest BCUT2D eigenvalue weighted by Gasteiger charge is -2.22. The van der Waals surface area contributed by atoms with E-state index in [1.807, 2.05) is 30.3 Å². The Bertz CT molecular complexity index is 806. The maximum absolute atomic E-state index is 12.4. The van der Waals surface area contributed by atoms with Gasteiger partial charge >= 0.3 is 5.97 Å². The first-order chi connectivity index (χ1) is 14.5. The molecule has 0 aliphatic rings. The molecule has 1 rings (SSSR count). The molecule has 1 aromatic rings. The van der Waals surface area contributed by atoms with Crippen molar-refractivity contribution in [2.75, 3.05) is 5.75 Å². The second-order valence-corrected chi connectivity index (χ2v) is 7.21. The Morgan fingerprint density at radius 2 is 1.55 bits per heavy atom. The fourth-order valence-corrected chi connectivity index (χ4v) is 2.77. The number of carboxylic acids is 1. The zero-order valence-corrected chi connectivity index (χ0v) is 17.8. The Morgan fingerprint density at radius 1 is 0.968 bits per heavy atom. The van der Waals surface area contributed by atoms with E-state index in [1.54, 1.807) is 0 Å². The van der Waals surface area contributed by atoms with Crippen LogP contribution in [-0.2, 0) is 30.4 Å². The first-order valence-electron chi connectivity index (χ1n) is 9.37. The summed E-state index contributed by atoms with van der Waals surface area (Å²) in [6.45, 7) is 1.31. The molecule has 8 N–H and O–H groups in total. The predicted octanol–water partition coefficient (Wildman–Crippen LogP) is -2.08. The molecule has 12 heteroatoms. The van der Waals surface area contributed by atoms with E-state index in [0.29, 0.717) is 0 Å². The van der Waals surface area contributed by atoms with Gasteiger partial charge in [-0.1, -0.05) is 30.3 Å². The highest BCUT2D eigenvalue weighted by Crippen LogP contribution is 2.03. The molecule has 0 fully saturated rings. The minimum atomic E-state index is -1.53. The number of hydrogen-bond donors (Lipinski definition) is 7. The fraction of sp³-hybridized carbons (Fsp3) is 0.421. The normalized spacial score (nSPS) is 14.4. The highest BCUT2D eigenvalue weighted by molar-refractivity contribution is 7.80. The summed E-state index contributed by atoms with van der Waals surface area (Å²) >= 11 is 4.05. The number of carbonyl (C=O) groups excluding carboxylic acids is 4. The number of hydrogen-bond acceptors (Lipinski definition) is 7. The number of carboxylic acid groups (broad SMARTS) is 1. The van der Waals surface area contributed by atoms with Crippen molar-refractivity contribution < 1.29 is 29.1 Å². The van der Waals surface area contributed by atoms with E-state index < -0.39 is 60.2 Å². The molecule has 0 aromatic heterocycles. The van der Waals surface area contributed by atoms with Gasteiger partial charge in [-0.25, -0.2) is 4.79 Å². The number of benzene rings is 1. The highest BCUT2D eigenvalue weighted by Gasteiger charge is 2.28. The SMILES string of the molecule is CC(NC(=O)C(CS)NC(=O)C(N)Cc1ccccc1)C(=O)NC(CC(N)=O)C(=O)O. The molecule has 0 aliphatic carbocycles. The van der Waals surface area contributed by atoms with Gasteiger partial charge in [0.05, 0.1) is 12.5 Å². The van der Waals surface area contributed by atoms with Gasteiger partial charge in [-0.2, -0.15) is 12.6 Å². The number of rotatable bonds is 12. The van der Waals surface area contributed by atoms with Crippen molar-refractivity contribution in [1.82, 2.24) is 16.0 Å². The van der Waals surface area contributed by atoms with E-state index in [-0.39, 0.29) is 12.2 Å². The monoisotopic (exact) mass is 453 g/mol. The standard InChI is InChI=1S/C19H27N5O6S/c1-10(16(26)23-13(19(29)30)8-15(21)25)22-18(28)14(9-31)24-17(27)12(20)7-11-5-3-2-4-6-11/h2-6,10,12-14,31H,7-9,20H2,1H3,(H2,21,25)(H,22,28)(H,23,26)(H,24,27)(H,29,30). The van der Waals surface area contributed by atoms with Gasteiger partial charge in [0.2, 0.25) is 23.6 Å². The first-order valence-corrected chi connectivity index (χ1v) is 10.0. The summed E-state index contributed by atoms with van der Waals surface area (Å²) in [5.74, 6) is -4.54. The Kier molecular flexibility index (Phi) is 10.5. The van der Waals surface area contributed by atoms with Crippen molar-refractivity contribution in [3.8, 4) is 0 Å². The molecule has 0 saturated carbocycles. The zero-order valence-electron chi connectivity index (χ0n) is 16.9. The minimum absolute atomic E-state index is 0.0661. The minimum Gasteiger partial charge on any atom is -0.480 e. The number of primary amides is 1.